The first-order valence-electron chi connectivity index (χ1n) is 9.74. The van der Waals surface area contributed by atoms with Crippen molar-refractivity contribution in [2.24, 2.45) is 0 Å². The van der Waals surface area contributed by atoms with Gasteiger partial charge in [0.2, 0.25) is 15.9 Å². The monoisotopic (exact) mass is 487 g/mol. The highest BCUT2D eigenvalue weighted by atomic mass is 32.2. The van der Waals surface area contributed by atoms with E-state index in [1.165, 1.54) is 19.2 Å². The summed E-state index contributed by atoms with van der Waals surface area (Å²) in [6, 6.07) is 9.74. The SMILES string of the molecule is COCCCNC(=O)c1ccccc1NC(=O)CN(c1cccc(C(F)(F)F)c1)S(C)(=O)=O. The Hall–Kier alpha value is -3.12. The van der Waals surface area contributed by atoms with Crippen LogP contribution in [0.5, 0.6) is 0 Å². The highest BCUT2D eigenvalue weighted by Gasteiger charge is 2.32. The summed E-state index contributed by atoms with van der Waals surface area (Å²) in [5, 5.41) is 5.13. The Balaban J connectivity index is 2.21. The van der Waals surface area contributed by atoms with Crippen LogP contribution in [0.4, 0.5) is 24.5 Å². The number of para-hydroxylation sites is 1. The summed E-state index contributed by atoms with van der Waals surface area (Å²) in [6.07, 6.45) is -3.32. The molecule has 0 radical (unpaired) electrons. The molecule has 0 aliphatic carbocycles. The van der Waals surface area contributed by atoms with Crippen LogP contribution in [-0.4, -0.2) is 53.3 Å². The molecule has 0 aliphatic heterocycles. The molecular weight excluding hydrogens is 463 g/mol. The van der Waals surface area contributed by atoms with Crippen molar-refractivity contribution in [3.8, 4) is 0 Å². The summed E-state index contributed by atoms with van der Waals surface area (Å²) in [7, 11) is -2.56. The van der Waals surface area contributed by atoms with Crippen molar-refractivity contribution >= 4 is 33.2 Å². The van der Waals surface area contributed by atoms with Crippen molar-refractivity contribution < 1.29 is 35.9 Å². The maximum absolute atomic E-state index is 13.0. The predicted molar refractivity (Wildman–Crippen MR) is 118 cm³/mol. The van der Waals surface area contributed by atoms with E-state index < -0.39 is 40.1 Å². The van der Waals surface area contributed by atoms with Gasteiger partial charge in [0, 0.05) is 20.3 Å². The minimum absolute atomic E-state index is 0.129. The van der Waals surface area contributed by atoms with Crippen LogP contribution in [0, 0.1) is 0 Å². The van der Waals surface area contributed by atoms with E-state index in [2.05, 4.69) is 10.6 Å². The molecule has 0 spiro atoms. The molecule has 0 bridgehead atoms. The number of ether oxygens (including phenoxy) is 1. The smallest absolute Gasteiger partial charge is 0.385 e. The number of methoxy groups -OCH3 is 1. The highest BCUT2D eigenvalue weighted by molar-refractivity contribution is 7.92. The van der Waals surface area contributed by atoms with Crippen LogP contribution in [0.3, 0.4) is 0 Å². The topological polar surface area (TPSA) is 105 Å². The predicted octanol–water partition coefficient (Wildman–Crippen LogP) is 2.88. The number of benzene rings is 2. The van der Waals surface area contributed by atoms with Crippen molar-refractivity contribution in [1.29, 1.82) is 0 Å². The van der Waals surface area contributed by atoms with Gasteiger partial charge in [-0.25, -0.2) is 8.42 Å². The van der Waals surface area contributed by atoms with Crippen molar-refractivity contribution in [2.45, 2.75) is 12.6 Å². The number of nitrogens with one attached hydrogen (secondary N) is 2. The van der Waals surface area contributed by atoms with E-state index in [1.807, 2.05) is 0 Å². The Bertz CT molecular complexity index is 1090. The van der Waals surface area contributed by atoms with Gasteiger partial charge in [0.15, 0.2) is 0 Å². The normalized spacial score (nSPS) is 11.7. The molecule has 2 N–H and O–H groups in total. The van der Waals surface area contributed by atoms with Gasteiger partial charge in [-0.2, -0.15) is 13.2 Å². The summed E-state index contributed by atoms with van der Waals surface area (Å²) in [5.41, 5.74) is -1.09. The molecular formula is C21H24F3N3O5S. The number of rotatable bonds is 10. The molecule has 33 heavy (non-hydrogen) atoms. The number of hydrogen-bond donors (Lipinski definition) is 2. The lowest BCUT2D eigenvalue weighted by Gasteiger charge is -2.23. The van der Waals surface area contributed by atoms with Gasteiger partial charge in [-0.1, -0.05) is 18.2 Å². The van der Waals surface area contributed by atoms with E-state index in [4.69, 9.17) is 4.74 Å². The molecule has 0 saturated carbocycles. The second kappa shape index (κ2) is 11.1. The third-order valence-corrected chi connectivity index (χ3v) is 5.55. The molecule has 2 rings (SSSR count). The first kappa shape index (κ1) is 26.1. The van der Waals surface area contributed by atoms with Gasteiger partial charge in [0.05, 0.1) is 28.8 Å². The van der Waals surface area contributed by atoms with Crippen LogP contribution in [0.1, 0.15) is 22.3 Å². The minimum Gasteiger partial charge on any atom is -0.385 e. The molecule has 12 heteroatoms. The van der Waals surface area contributed by atoms with E-state index in [0.29, 0.717) is 29.9 Å². The second-order valence-electron chi connectivity index (χ2n) is 7.01. The molecule has 0 atom stereocenters. The molecule has 2 aromatic carbocycles. The van der Waals surface area contributed by atoms with E-state index in [1.54, 1.807) is 12.1 Å². The van der Waals surface area contributed by atoms with Gasteiger partial charge >= 0.3 is 6.18 Å². The standard InChI is InChI=1S/C21H24F3N3O5S/c1-32-12-6-11-25-20(29)17-9-3-4-10-18(17)26-19(28)14-27(33(2,30)31)16-8-5-7-15(13-16)21(22,23)24/h3-5,7-10,13H,6,11-12,14H2,1-2H3,(H,25,29)(H,26,28). The van der Waals surface area contributed by atoms with E-state index in [9.17, 15) is 31.2 Å². The third kappa shape index (κ3) is 7.75. The van der Waals surface area contributed by atoms with Gasteiger partial charge in [0.1, 0.15) is 6.54 Å². The van der Waals surface area contributed by atoms with Gasteiger partial charge in [0.25, 0.3) is 5.91 Å². The number of hydrogen-bond acceptors (Lipinski definition) is 5. The Morgan fingerprint density at radius 1 is 1.09 bits per heavy atom. The average molecular weight is 488 g/mol. The van der Waals surface area contributed by atoms with Crippen LogP contribution < -0.4 is 14.9 Å². The molecule has 2 amide bonds. The van der Waals surface area contributed by atoms with E-state index in [0.717, 1.165) is 24.5 Å². The number of anilines is 2. The molecule has 0 aromatic heterocycles. The Kier molecular flexibility index (Phi) is 8.83. The zero-order valence-electron chi connectivity index (χ0n) is 18.0. The zero-order valence-corrected chi connectivity index (χ0v) is 18.8. The molecule has 0 aliphatic rings. The first-order chi connectivity index (χ1) is 15.4. The fourth-order valence-corrected chi connectivity index (χ4v) is 3.71. The lowest BCUT2D eigenvalue weighted by molar-refractivity contribution is -0.137. The van der Waals surface area contributed by atoms with Crippen LogP contribution in [0.25, 0.3) is 0 Å². The number of alkyl halides is 3. The number of nitrogens with zero attached hydrogens (tertiary/aromatic N) is 1. The fraction of sp³-hybridized carbons (Fsp3) is 0.333. The zero-order chi connectivity index (χ0) is 24.6. The molecule has 0 unspecified atom stereocenters. The first-order valence-corrected chi connectivity index (χ1v) is 11.6. The van der Waals surface area contributed by atoms with E-state index in [-0.39, 0.29) is 16.9 Å². The van der Waals surface area contributed by atoms with Gasteiger partial charge in [-0.15, -0.1) is 0 Å². The molecule has 0 fully saturated rings. The minimum atomic E-state index is -4.68. The second-order valence-corrected chi connectivity index (χ2v) is 8.92. The van der Waals surface area contributed by atoms with E-state index >= 15 is 0 Å². The van der Waals surface area contributed by atoms with Crippen LogP contribution in [0.2, 0.25) is 0 Å². The lowest BCUT2D eigenvalue weighted by Crippen LogP contribution is -2.38. The van der Waals surface area contributed by atoms with Crippen molar-refractivity contribution in [3.05, 3.63) is 59.7 Å². The third-order valence-electron chi connectivity index (χ3n) is 4.41. The Labute approximate surface area is 189 Å². The van der Waals surface area contributed by atoms with Gasteiger partial charge in [-0.3, -0.25) is 13.9 Å². The maximum atomic E-state index is 13.0. The van der Waals surface area contributed by atoms with Crippen LogP contribution in [-0.2, 0) is 25.7 Å². The van der Waals surface area contributed by atoms with Crippen molar-refractivity contribution in [2.75, 3.05) is 42.7 Å². The van der Waals surface area contributed by atoms with Gasteiger partial charge in [-0.05, 0) is 36.8 Å². The molecule has 0 heterocycles. The number of amides is 2. The summed E-state index contributed by atoms with van der Waals surface area (Å²) >= 11 is 0. The quantitative estimate of drug-likeness (QED) is 0.502. The fourth-order valence-electron chi connectivity index (χ4n) is 2.86. The maximum Gasteiger partial charge on any atom is 0.416 e. The van der Waals surface area contributed by atoms with Crippen LogP contribution >= 0.6 is 0 Å². The number of halogens is 3. The van der Waals surface area contributed by atoms with Crippen LogP contribution in [0.15, 0.2) is 48.5 Å². The summed E-state index contributed by atoms with van der Waals surface area (Å²) in [6.45, 7) is 0.00577. The summed E-state index contributed by atoms with van der Waals surface area (Å²) < 4.78 is 69.0. The summed E-state index contributed by atoms with van der Waals surface area (Å²) in [5.74, 6) is -1.29. The molecule has 8 nitrogen and oxygen atoms in total. The van der Waals surface area contributed by atoms with Gasteiger partial charge < -0.3 is 15.4 Å². The number of sulfonamides is 1. The van der Waals surface area contributed by atoms with Crippen molar-refractivity contribution in [3.63, 3.8) is 0 Å². The molecule has 0 saturated heterocycles. The van der Waals surface area contributed by atoms with Crippen molar-refractivity contribution in [1.82, 2.24) is 5.32 Å². The Morgan fingerprint density at radius 2 is 1.79 bits per heavy atom. The largest absolute Gasteiger partial charge is 0.416 e. The number of carbonyl (C=O) groups excluding carboxylic acids is 2. The molecule has 2 aromatic rings. The highest BCUT2D eigenvalue weighted by Crippen LogP contribution is 2.32. The average Bonchev–Trinajstić information content (AvgIpc) is 2.74. The Morgan fingerprint density at radius 3 is 2.42 bits per heavy atom. The lowest BCUT2D eigenvalue weighted by atomic mass is 10.1. The summed E-state index contributed by atoms with van der Waals surface area (Å²) in [4.78, 5) is 25.0. The number of carbonyl (C=O) groups is 2. The molecule has 180 valence electrons.